The molecule has 0 atom stereocenters. The van der Waals surface area contributed by atoms with Crippen LogP contribution in [0.3, 0.4) is 0 Å². The van der Waals surface area contributed by atoms with Crippen molar-refractivity contribution in [1.29, 1.82) is 0 Å². The zero-order valence-electron chi connectivity index (χ0n) is 13.1. The van der Waals surface area contributed by atoms with Crippen LogP contribution in [0, 0.1) is 0 Å². The Kier molecular flexibility index (Phi) is 4.39. The Morgan fingerprint density at radius 2 is 1.29 bits per heavy atom. The van der Waals surface area contributed by atoms with E-state index in [1.54, 1.807) is 0 Å². The van der Waals surface area contributed by atoms with Gasteiger partial charge in [-0.25, -0.2) is 14.6 Å². The molecule has 0 spiro atoms. The fourth-order valence-corrected chi connectivity index (χ4v) is 2.24. The van der Waals surface area contributed by atoms with Crippen LogP contribution >= 0.6 is 0 Å². The minimum Gasteiger partial charge on any atom is -0.231 e. The Morgan fingerprint density at radius 3 is 1.79 bits per heavy atom. The molecule has 0 radical (unpaired) electrons. The van der Waals surface area contributed by atoms with Crippen LogP contribution in [0.2, 0.25) is 0 Å². The van der Waals surface area contributed by atoms with Gasteiger partial charge in [-0.2, -0.15) is 44.3 Å². The number of hydrogen-bond donors (Lipinski definition) is 0. The molecule has 2 heterocycles. The third-order valence-electron chi connectivity index (χ3n) is 3.42. The summed E-state index contributed by atoms with van der Waals surface area (Å²) >= 11 is 0. The van der Waals surface area contributed by atoms with E-state index < -0.39 is 46.9 Å². The summed E-state index contributed by atoms with van der Waals surface area (Å²) in [5.41, 5.74) is -3.88. The molecule has 0 saturated heterocycles. The van der Waals surface area contributed by atoms with Crippen molar-refractivity contribution >= 4 is 0 Å². The summed E-state index contributed by atoms with van der Waals surface area (Å²) < 4.78 is 116. The molecule has 0 saturated carbocycles. The van der Waals surface area contributed by atoms with Crippen molar-refractivity contribution < 1.29 is 39.5 Å². The Balaban J connectivity index is 2.10. The highest BCUT2D eigenvalue weighted by Crippen LogP contribution is 2.38. The average molecular weight is 415 g/mol. The minimum atomic E-state index is -5.09. The molecule has 150 valence electrons. The third kappa shape index (κ3) is 3.80. The zero-order chi connectivity index (χ0) is 20.9. The van der Waals surface area contributed by atoms with E-state index in [-0.39, 0.29) is 6.07 Å². The van der Waals surface area contributed by atoms with Crippen LogP contribution in [0.15, 0.2) is 36.9 Å². The highest BCUT2D eigenvalue weighted by molar-refractivity contribution is 5.58. The Morgan fingerprint density at radius 1 is 0.714 bits per heavy atom. The highest BCUT2D eigenvalue weighted by atomic mass is 19.4. The van der Waals surface area contributed by atoms with Crippen molar-refractivity contribution in [2.24, 2.45) is 0 Å². The first kappa shape index (κ1) is 19.7. The van der Waals surface area contributed by atoms with Crippen LogP contribution < -0.4 is 0 Å². The van der Waals surface area contributed by atoms with Gasteiger partial charge >= 0.3 is 18.5 Å². The number of nitrogens with zero attached hydrogens (tertiary/aromatic N) is 5. The molecule has 14 heteroatoms. The van der Waals surface area contributed by atoms with Gasteiger partial charge in [-0.1, -0.05) is 0 Å². The number of halogens is 9. The minimum absolute atomic E-state index is 0.0852. The van der Waals surface area contributed by atoms with E-state index >= 15 is 0 Å². The normalized spacial score (nSPS) is 13.2. The van der Waals surface area contributed by atoms with Gasteiger partial charge in [0, 0.05) is 18.0 Å². The summed E-state index contributed by atoms with van der Waals surface area (Å²) in [5.74, 6) is -2.05. The van der Waals surface area contributed by atoms with Gasteiger partial charge < -0.3 is 0 Å². The van der Waals surface area contributed by atoms with Crippen molar-refractivity contribution in [2.45, 2.75) is 18.5 Å². The molecule has 5 nitrogen and oxygen atoms in total. The molecule has 2 aromatic heterocycles. The molecular weight excluding hydrogens is 409 g/mol. The van der Waals surface area contributed by atoms with E-state index in [1.807, 2.05) is 0 Å². The topological polar surface area (TPSA) is 48.5 Å². The van der Waals surface area contributed by atoms with Gasteiger partial charge in [-0.05, 0) is 18.2 Å². The van der Waals surface area contributed by atoms with Crippen molar-refractivity contribution in [3.63, 3.8) is 0 Å². The van der Waals surface area contributed by atoms with Crippen molar-refractivity contribution in [3.8, 4) is 11.4 Å². The van der Waals surface area contributed by atoms with E-state index in [9.17, 15) is 39.5 Å². The Hall–Kier alpha value is -3.06. The molecule has 0 bridgehead atoms. The molecule has 0 unspecified atom stereocenters. The fraction of sp³-hybridized carbons (Fsp3) is 0.214. The average Bonchev–Trinajstić information content (AvgIpc) is 3.21. The lowest BCUT2D eigenvalue weighted by Crippen LogP contribution is -2.20. The smallest absolute Gasteiger partial charge is 0.231 e. The summed E-state index contributed by atoms with van der Waals surface area (Å²) in [6, 6.07) is 0.652. The molecule has 0 fully saturated rings. The molecule has 0 N–H and O–H groups in total. The number of hydrogen-bond acceptors (Lipinski definition) is 3. The van der Waals surface area contributed by atoms with E-state index in [0.717, 1.165) is 12.4 Å². The highest BCUT2D eigenvalue weighted by Gasteiger charge is 2.38. The second-order valence-corrected chi connectivity index (χ2v) is 5.38. The second kappa shape index (κ2) is 6.24. The van der Waals surface area contributed by atoms with Crippen molar-refractivity contribution in [2.75, 3.05) is 0 Å². The maximum atomic E-state index is 12.9. The summed E-state index contributed by atoms with van der Waals surface area (Å²) in [5, 5.41) is 3.54. The molecule has 0 aliphatic heterocycles. The van der Waals surface area contributed by atoms with E-state index in [2.05, 4.69) is 15.1 Å². The van der Waals surface area contributed by atoms with Gasteiger partial charge in [0.25, 0.3) is 0 Å². The fourth-order valence-electron chi connectivity index (χ4n) is 2.24. The van der Waals surface area contributed by atoms with Gasteiger partial charge in [0.05, 0.1) is 11.1 Å². The third-order valence-corrected chi connectivity index (χ3v) is 3.42. The monoisotopic (exact) mass is 415 g/mol. The summed E-state index contributed by atoms with van der Waals surface area (Å²) in [4.78, 5) is 7.09. The Labute approximate surface area is 149 Å². The number of benzene rings is 1. The lowest BCUT2D eigenvalue weighted by atomic mass is 10.0. The predicted molar refractivity (Wildman–Crippen MR) is 73.5 cm³/mol. The lowest BCUT2D eigenvalue weighted by molar-refractivity contribution is -0.148. The number of aromatic nitrogens is 5. The Bertz CT molecular complexity index is 962. The standard InChI is InChI=1S/C14H6F9N5/c15-12(16,17)8-3-7(4-9(5-8)13(18,19)20)10-25-6-28(26-10)27-2-1-24-11(27)14(21,22)23/h1-6H. The molecule has 3 rings (SSSR count). The van der Waals surface area contributed by atoms with Crippen LogP contribution in [-0.2, 0) is 18.5 Å². The van der Waals surface area contributed by atoms with Crippen LogP contribution in [-0.4, -0.2) is 24.5 Å². The quantitative estimate of drug-likeness (QED) is 0.579. The van der Waals surface area contributed by atoms with Gasteiger partial charge in [-0.15, -0.1) is 5.10 Å². The maximum absolute atomic E-state index is 12.9. The second-order valence-electron chi connectivity index (χ2n) is 5.38. The number of imidazole rings is 1. The van der Waals surface area contributed by atoms with E-state index in [1.165, 1.54) is 0 Å². The number of alkyl halides is 9. The molecular formula is C14H6F9N5. The molecule has 3 aromatic rings. The molecule has 0 aliphatic rings. The first-order valence-corrected chi connectivity index (χ1v) is 7.09. The first-order valence-electron chi connectivity index (χ1n) is 7.09. The zero-order valence-corrected chi connectivity index (χ0v) is 13.1. The number of rotatable bonds is 2. The van der Waals surface area contributed by atoms with Gasteiger partial charge in [0.2, 0.25) is 5.82 Å². The first-order chi connectivity index (χ1) is 12.8. The molecule has 1 aromatic carbocycles. The van der Waals surface area contributed by atoms with Crippen LogP contribution in [0.4, 0.5) is 39.5 Å². The SMILES string of the molecule is FC(F)(F)c1cc(-c2ncn(-n3ccnc3C(F)(F)F)n2)cc(C(F)(F)F)c1. The van der Waals surface area contributed by atoms with Crippen LogP contribution in [0.5, 0.6) is 0 Å². The van der Waals surface area contributed by atoms with Gasteiger partial charge in [-0.3, -0.25) is 0 Å². The van der Waals surface area contributed by atoms with Crippen LogP contribution in [0.25, 0.3) is 11.4 Å². The summed E-state index contributed by atoms with van der Waals surface area (Å²) in [6.07, 6.45) is -12.7. The molecule has 0 amide bonds. The van der Waals surface area contributed by atoms with Crippen molar-refractivity contribution in [3.05, 3.63) is 53.9 Å². The van der Waals surface area contributed by atoms with E-state index in [4.69, 9.17) is 0 Å². The molecule has 28 heavy (non-hydrogen) atoms. The van der Waals surface area contributed by atoms with Crippen LogP contribution in [0.1, 0.15) is 17.0 Å². The van der Waals surface area contributed by atoms with Crippen molar-refractivity contribution in [1.82, 2.24) is 24.5 Å². The van der Waals surface area contributed by atoms with E-state index in [0.29, 0.717) is 27.9 Å². The summed E-state index contributed by atoms with van der Waals surface area (Å²) in [6.45, 7) is 0. The van der Waals surface area contributed by atoms with Gasteiger partial charge in [0.1, 0.15) is 6.33 Å². The predicted octanol–water partition coefficient (Wildman–Crippen LogP) is 4.51. The van der Waals surface area contributed by atoms with Gasteiger partial charge in [0.15, 0.2) is 5.82 Å². The maximum Gasteiger partial charge on any atom is 0.451 e. The lowest BCUT2D eigenvalue weighted by Gasteiger charge is -2.13. The molecule has 0 aliphatic carbocycles. The summed E-state index contributed by atoms with van der Waals surface area (Å²) in [7, 11) is 0. The largest absolute Gasteiger partial charge is 0.451 e.